The van der Waals surface area contributed by atoms with Crippen LogP contribution in [0.5, 0.6) is 5.75 Å². The topological polar surface area (TPSA) is 79.2 Å². The predicted octanol–water partition coefficient (Wildman–Crippen LogP) is 5.85. The number of nitrogens with zero attached hydrogens (tertiary/aromatic N) is 2. The molecule has 166 valence electrons. The van der Waals surface area contributed by atoms with Gasteiger partial charge in [0.15, 0.2) is 5.17 Å². The highest BCUT2D eigenvalue weighted by molar-refractivity contribution is 8.18. The van der Waals surface area contributed by atoms with Crippen molar-refractivity contribution in [2.75, 3.05) is 7.05 Å². The molecule has 1 N–H and O–H groups in total. The van der Waals surface area contributed by atoms with Crippen molar-refractivity contribution in [2.24, 2.45) is 4.99 Å². The number of amides is 1. The van der Waals surface area contributed by atoms with Crippen molar-refractivity contribution in [3.8, 4) is 5.75 Å². The molecule has 6 nitrogen and oxygen atoms in total. The minimum atomic E-state index is -0.998. The first-order chi connectivity index (χ1) is 15.9. The van der Waals surface area contributed by atoms with E-state index >= 15 is 0 Å². The van der Waals surface area contributed by atoms with Crippen LogP contribution in [0.15, 0.2) is 82.7 Å². The number of likely N-dealkylation sites (N-methyl/N-ethyl adjacent to an activating group) is 1. The van der Waals surface area contributed by atoms with Crippen molar-refractivity contribution in [1.29, 1.82) is 0 Å². The molecular weight excluding hydrogens is 460 g/mol. The number of halogens is 1. The maximum atomic E-state index is 12.7. The molecule has 3 aromatic rings. The van der Waals surface area contributed by atoms with E-state index in [-0.39, 0.29) is 11.5 Å². The Hall–Kier alpha value is -3.55. The van der Waals surface area contributed by atoms with E-state index in [0.29, 0.717) is 33.1 Å². The quantitative estimate of drug-likeness (QED) is 0.449. The lowest BCUT2D eigenvalue weighted by Crippen LogP contribution is -2.23. The molecule has 0 aromatic heterocycles. The van der Waals surface area contributed by atoms with Gasteiger partial charge in [-0.05, 0) is 65.9 Å². The van der Waals surface area contributed by atoms with Crippen LogP contribution < -0.4 is 4.74 Å². The summed E-state index contributed by atoms with van der Waals surface area (Å²) in [7, 11) is 1.66. The Morgan fingerprint density at radius 2 is 1.79 bits per heavy atom. The molecule has 0 aliphatic carbocycles. The summed E-state index contributed by atoms with van der Waals surface area (Å²) in [5.41, 5.74) is 2.52. The lowest BCUT2D eigenvalue weighted by Gasteiger charge is -2.08. The number of carbonyl (C=O) groups is 2. The number of thioether (sulfide) groups is 1. The largest absolute Gasteiger partial charge is 0.489 e. The third-order valence-electron chi connectivity index (χ3n) is 4.87. The summed E-state index contributed by atoms with van der Waals surface area (Å²) in [6, 6.07) is 21.2. The van der Waals surface area contributed by atoms with Crippen molar-refractivity contribution in [1.82, 2.24) is 4.90 Å². The number of aromatic carboxylic acids is 1. The fourth-order valence-electron chi connectivity index (χ4n) is 3.03. The fourth-order valence-corrected chi connectivity index (χ4v) is 4.21. The van der Waals surface area contributed by atoms with E-state index in [2.05, 4.69) is 4.99 Å². The third-order valence-corrected chi connectivity index (χ3v) is 6.30. The van der Waals surface area contributed by atoms with Crippen LogP contribution in [0, 0.1) is 0 Å². The molecule has 0 unspecified atom stereocenters. The molecule has 0 spiro atoms. The molecule has 8 heteroatoms. The minimum absolute atomic E-state index is 0.153. The summed E-state index contributed by atoms with van der Waals surface area (Å²) in [6.07, 6.45) is 1.80. The number of hydrogen-bond acceptors (Lipinski definition) is 5. The number of aliphatic imine (C=N–C) groups is 1. The van der Waals surface area contributed by atoms with Crippen molar-refractivity contribution < 1.29 is 19.4 Å². The Morgan fingerprint density at radius 3 is 2.45 bits per heavy atom. The molecular formula is C25H19ClN2O4S. The van der Waals surface area contributed by atoms with E-state index in [9.17, 15) is 9.59 Å². The van der Waals surface area contributed by atoms with Gasteiger partial charge in [0.25, 0.3) is 5.91 Å². The predicted molar refractivity (Wildman–Crippen MR) is 131 cm³/mol. The van der Waals surface area contributed by atoms with E-state index in [4.69, 9.17) is 21.4 Å². The Bertz CT molecular complexity index is 1250. The molecule has 4 rings (SSSR count). The van der Waals surface area contributed by atoms with Crippen molar-refractivity contribution >= 4 is 52.2 Å². The second-order valence-corrected chi connectivity index (χ2v) is 8.59. The Balaban J connectivity index is 1.44. The van der Waals surface area contributed by atoms with Crippen LogP contribution in [0.25, 0.3) is 6.08 Å². The number of rotatable bonds is 6. The summed E-state index contributed by atoms with van der Waals surface area (Å²) in [4.78, 5) is 30.1. The maximum absolute atomic E-state index is 12.7. The number of benzene rings is 3. The number of carbonyl (C=O) groups excluding carboxylic acids is 1. The highest BCUT2D eigenvalue weighted by Crippen LogP contribution is 2.33. The molecule has 1 fully saturated rings. The van der Waals surface area contributed by atoms with Crippen LogP contribution >= 0.6 is 23.4 Å². The van der Waals surface area contributed by atoms with E-state index in [0.717, 1.165) is 11.1 Å². The SMILES string of the molecule is CN1C(=O)C(=Cc2ccc(OCc3ccccc3Cl)cc2)SC1=Nc1ccc(C(=O)O)cc1. The minimum Gasteiger partial charge on any atom is -0.489 e. The number of carboxylic acid groups (broad SMARTS) is 1. The van der Waals surface area contributed by atoms with Gasteiger partial charge in [-0.3, -0.25) is 9.69 Å². The van der Waals surface area contributed by atoms with Gasteiger partial charge < -0.3 is 9.84 Å². The van der Waals surface area contributed by atoms with Gasteiger partial charge in [0.2, 0.25) is 0 Å². The zero-order valence-electron chi connectivity index (χ0n) is 17.6. The lowest BCUT2D eigenvalue weighted by molar-refractivity contribution is -0.121. The number of amidine groups is 1. The smallest absolute Gasteiger partial charge is 0.335 e. The monoisotopic (exact) mass is 478 g/mol. The molecule has 1 saturated heterocycles. The zero-order valence-corrected chi connectivity index (χ0v) is 19.1. The summed E-state index contributed by atoms with van der Waals surface area (Å²) < 4.78 is 5.80. The third kappa shape index (κ3) is 5.45. The van der Waals surface area contributed by atoms with E-state index in [1.807, 2.05) is 48.5 Å². The van der Waals surface area contributed by atoms with Gasteiger partial charge in [-0.1, -0.05) is 41.9 Å². The summed E-state index contributed by atoms with van der Waals surface area (Å²) in [5.74, 6) is -0.450. The molecule has 1 aliphatic heterocycles. The normalized spacial score (nSPS) is 15.9. The van der Waals surface area contributed by atoms with E-state index in [1.54, 1.807) is 25.3 Å². The molecule has 0 saturated carbocycles. The van der Waals surface area contributed by atoms with E-state index < -0.39 is 5.97 Å². The molecule has 3 aromatic carbocycles. The standard InChI is InChI=1S/C25H19ClN2O4S/c1-28-23(29)22(33-25(28)27-19-10-8-17(9-11-19)24(30)31)14-16-6-12-20(13-7-16)32-15-18-4-2-3-5-21(18)26/h2-14H,15H2,1H3,(H,30,31). The molecule has 0 atom stereocenters. The summed E-state index contributed by atoms with van der Waals surface area (Å²) in [5, 5.41) is 10.2. The van der Waals surface area contributed by atoms with Crippen LogP contribution in [-0.4, -0.2) is 34.1 Å². The molecule has 33 heavy (non-hydrogen) atoms. The number of ether oxygens (including phenoxy) is 1. The van der Waals surface area contributed by atoms with Gasteiger partial charge in [-0.15, -0.1) is 0 Å². The summed E-state index contributed by atoms with van der Waals surface area (Å²) in [6.45, 7) is 0.368. The molecule has 0 bridgehead atoms. The summed E-state index contributed by atoms with van der Waals surface area (Å²) >= 11 is 7.42. The van der Waals surface area contributed by atoms with Gasteiger partial charge in [-0.25, -0.2) is 9.79 Å². The van der Waals surface area contributed by atoms with Crippen LogP contribution in [0.1, 0.15) is 21.5 Å². The first-order valence-electron chi connectivity index (χ1n) is 9.96. The van der Waals surface area contributed by atoms with Crippen LogP contribution in [-0.2, 0) is 11.4 Å². The average molecular weight is 479 g/mol. The highest BCUT2D eigenvalue weighted by Gasteiger charge is 2.30. The molecule has 1 heterocycles. The lowest BCUT2D eigenvalue weighted by atomic mass is 10.2. The Kier molecular flexibility index (Phi) is 6.82. The number of hydrogen-bond donors (Lipinski definition) is 1. The van der Waals surface area contributed by atoms with E-state index in [1.165, 1.54) is 28.8 Å². The first-order valence-corrected chi connectivity index (χ1v) is 11.2. The van der Waals surface area contributed by atoms with Crippen LogP contribution in [0.3, 0.4) is 0 Å². The Morgan fingerprint density at radius 1 is 1.09 bits per heavy atom. The molecule has 0 radical (unpaired) electrons. The number of carboxylic acids is 1. The Labute approximate surface area is 200 Å². The average Bonchev–Trinajstić information content (AvgIpc) is 3.07. The van der Waals surface area contributed by atoms with Crippen LogP contribution in [0.4, 0.5) is 5.69 Å². The highest BCUT2D eigenvalue weighted by atomic mass is 35.5. The van der Waals surface area contributed by atoms with Gasteiger partial charge in [-0.2, -0.15) is 0 Å². The second kappa shape index (κ2) is 9.94. The zero-order chi connectivity index (χ0) is 23.4. The first kappa shape index (κ1) is 22.6. The van der Waals surface area contributed by atoms with Gasteiger partial charge in [0.05, 0.1) is 16.2 Å². The van der Waals surface area contributed by atoms with Crippen molar-refractivity contribution in [3.05, 3.63) is 99.4 Å². The van der Waals surface area contributed by atoms with Gasteiger partial charge in [0.1, 0.15) is 12.4 Å². The fraction of sp³-hybridized carbons (Fsp3) is 0.0800. The van der Waals surface area contributed by atoms with Crippen molar-refractivity contribution in [3.63, 3.8) is 0 Å². The van der Waals surface area contributed by atoms with Crippen molar-refractivity contribution in [2.45, 2.75) is 6.61 Å². The molecule has 1 aliphatic rings. The maximum Gasteiger partial charge on any atom is 0.335 e. The van der Waals surface area contributed by atoms with Gasteiger partial charge in [0, 0.05) is 17.6 Å². The van der Waals surface area contributed by atoms with Gasteiger partial charge >= 0.3 is 5.97 Å². The van der Waals surface area contributed by atoms with Crippen LogP contribution in [0.2, 0.25) is 5.02 Å². The second-order valence-electron chi connectivity index (χ2n) is 7.17. The molecule has 1 amide bonds.